The Morgan fingerprint density at radius 1 is 1.53 bits per heavy atom. The Kier molecular flexibility index (Phi) is 4.81. The first-order valence-corrected chi connectivity index (χ1v) is 7.58. The number of amides is 1. The maximum absolute atomic E-state index is 11.6. The third-order valence-electron chi connectivity index (χ3n) is 1.76. The molecule has 5 nitrogen and oxygen atoms in total. The molecular weight excluding hydrogens is 324 g/mol. The number of carbonyl (C=O) groups is 1. The first kappa shape index (κ1) is 12.8. The van der Waals surface area contributed by atoms with Crippen LogP contribution in [0.15, 0.2) is 21.9 Å². The van der Waals surface area contributed by atoms with Crippen LogP contribution in [0.1, 0.15) is 0 Å². The molecule has 1 N–H and O–H groups in total. The van der Waals surface area contributed by atoms with Crippen LogP contribution in [-0.2, 0) is 4.79 Å². The van der Waals surface area contributed by atoms with E-state index in [0.29, 0.717) is 11.7 Å². The monoisotopic (exact) mass is 332 g/mol. The smallest absolute Gasteiger partial charge is 0.237 e. The Bertz CT molecular complexity index is 437. The number of halogens is 1. The summed E-state index contributed by atoms with van der Waals surface area (Å²) in [7, 11) is 0. The van der Waals surface area contributed by atoms with Crippen molar-refractivity contribution in [2.75, 3.05) is 23.4 Å². The van der Waals surface area contributed by atoms with Crippen molar-refractivity contribution in [2.24, 2.45) is 4.99 Å². The SMILES string of the molecule is O=C(CSC1=NCCS1)Nc1ncc(Br)cn1. The molecule has 90 valence electrons. The molecule has 1 aromatic rings. The second-order valence-electron chi connectivity index (χ2n) is 3.06. The van der Waals surface area contributed by atoms with E-state index in [9.17, 15) is 4.79 Å². The third kappa shape index (κ3) is 4.29. The lowest BCUT2D eigenvalue weighted by Gasteiger charge is -2.02. The molecule has 0 radical (unpaired) electrons. The lowest BCUT2D eigenvalue weighted by molar-refractivity contribution is -0.113. The summed E-state index contributed by atoms with van der Waals surface area (Å²) in [5.74, 6) is 1.55. The van der Waals surface area contributed by atoms with Crippen molar-refractivity contribution >= 4 is 55.7 Å². The van der Waals surface area contributed by atoms with E-state index in [1.165, 1.54) is 11.8 Å². The van der Waals surface area contributed by atoms with Gasteiger partial charge in [-0.3, -0.25) is 15.1 Å². The highest BCUT2D eigenvalue weighted by Gasteiger charge is 2.11. The van der Waals surface area contributed by atoms with Crippen LogP contribution in [0.3, 0.4) is 0 Å². The van der Waals surface area contributed by atoms with Crippen molar-refractivity contribution in [3.8, 4) is 0 Å². The van der Waals surface area contributed by atoms with Gasteiger partial charge in [0.2, 0.25) is 11.9 Å². The molecule has 1 aromatic heterocycles. The minimum atomic E-state index is -0.118. The van der Waals surface area contributed by atoms with E-state index < -0.39 is 0 Å². The summed E-state index contributed by atoms with van der Waals surface area (Å²) in [6.07, 6.45) is 3.18. The van der Waals surface area contributed by atoms with Gasteiger partial charge in [-0.15, -0.1) is 0 Å². The van der Waals surface area contributed by atoms with Gasteiger partial charge in [0.15, 0.2) is 0 Å². The van der Waals surface area contributed by atoms with Gasteiger partial charge >= 0.3 is 0 Å². The van der Waals surface area contributed by atoms with Crippen molar-refractivity contribution < 1.29 is 4.79 Å². The molecule has 0 spiro atoms. The maximum atomic E-state index is 11.6. The van der Waals surface area contributed by atoms with Crippen LogP contribution < -0.4 is 5.32 Å². The molecular formula is C9H9BrN4OS2. The number of nitrogens with one attached hydrogen (secondary N) is 1. The normalized spacial score (nSPS) is 14.5. The van der Waals surface area contributed by atoms with Gasteiger partial charge in [-0.25, -0.2) is 9.97 Å². The van der Waals surface area contributed by atoms with Gasteiger partial charge in [0.05, 0.1) is 16.8 Å². The van der Waals surface area contributed by atoms with E-state index in [1.807, 2.05) is 0 Å². The molecule has 0 aliphatic carbocycles. The van der Waals surface area contributed by atoms with E-state index in [2.05, 4.69) is 36.2 Å². The third-order valence-corrected chi connectivity index (χ3v) is 4.42. The first-order valence-electron chi connectivity index (χ1n) is 4.81. The second kappa shape index (κ2) is 6.36. The fourth-order valence-corrected chi connectivity index (χ4v) is 3.08. The summed E-state index contributed by atoms with van der Waals surface area (Å²) in [6.45, 7) is 0.852. The maximum Gasteiger partial charge on any atom is 0.237 e. The van der Waals surface area contributed by atoms with Gasteiger partial charge in [0.25, 0.3) is 0 Å². The molecule has 0 fully saturated rings. The Balaban J connectivity index is 1.78. The quantitative estimate of drug-likeness (QED) is 0.917. The van der Waals surface area contributed by atoms with Crippen LogP contribution in [0, 0.1) is 0 Å². The Morgan fingerprint density at radius 3 is 2.94 bits per heavy atom. The molecule has 0 saturated carbocycles. The first-order chi connectivity index (χ1) is 8.24. The average Bonchev–Trinajstić information content (AvgIpc) is 2.83. The van der Waals surface area contributed by atoms with Gasteiger partial charge in [-0.05, 0) is 15.9 Å². The van der Waals surface area contributed by atoms with E-state index >= 15 is 0 Å². The molecule has 17 heavy (non-hydrogen) atoms. The number of nitrogens with zero attached hydrogens (tertiary/aromatic N) is 3. The summed E-state index contributed by atoms with van der Waals surface area (Å²) in [5, 5.41) is 2.63. The van der Waals surface area contributed by atoms with Gasteiger partial charge in [-0.1, -0.05) is 23.5 Å². The Labute approximate surface area is 115 Å². The number of hydrogen-bond acceptors (Lipinski definition) is 6. The van der Waals surface area contributed by atoms with Crippen LogP contribution in [0.2, 0.25) is 0 Å². The van der Waals surface area contributed by atoms with Gasteiger partial charge in [-0.2, -0.15) is 0 Å². The van der Waals surface area contributed by atoms with Gasteiger partial charge in [0, 0.05) is 18.1 Å². The average molecular weight is 333 g/mol. The van der Waals surface area contributed by atoms with Crippen molar-refractivity contribution in [1.29, 1.82) is 0 Å². The van der Waals surface area contributed by atoms with Gasteiger partial charge in [0.1, 0.15) is 4.38 Å². The van der Waals surface area contributed by atoms with E-state index in [-0.39, 0.29) is 5.91 Å². The summed E-state index contributed by atoms with van der Waals surface area (Å²) in [6, 6.07) is 0. The molecule has 1 amide bonds. The number of thioether (sulfide) groups is 2. The Morgan fingerprint density at radius 2 is 2.29 bits per heavy atom. The van der Waals surface area contributed by atoms with Crippen LogP contribution in [0.4, 0.5) is 5.95 Å². The molecule has 1 aliphatic heterocycles. The van der Waals surface area contributed by atoms with E-state index in [0.717, 1.165) is 21.1 Å². The fourth-order valence-electron chi connectivity index (χ4n) is 1.07. The predicted molar refractivity (Wildman–Crippen MR) is 75.6 cm³/mol. The minimum Gasteiger partial charge on any atom is -0.294 e. The van der Waals surface area contributed by atoms with Crippen molar-refractivity contribution in [3.63, 3.8) is 0 Å². The summed E-state index contributed by atoms with van der Waals surface area (Å²) >= 11 is 6.37. The molecule has 0 saturated heterocycles. The van der Waals surface area contributed by atoms with Crippen LogP contribution in [0.5, 0.6) is 0 Å². The minimum absolute atomic E-state index is 0.118. The van der Waals surface area contributed by atoms with Crippen molar-refractivity contribution in [3.05, 3.63) is 16.9 Å². The highest BCUT2D eigenvalue weighted by Crippen LogP contribution is 2.21. The number of anilines is 1. The standard InChI is InChI=1S/C9H9BrN4OS2/c10-6-3-12-8(13-4-6)14-7(15)5-17-9-11-1-2-16-9/h3-4H,1-2,5H2,(H,12,13,14,15). The zero-order valence-electron chi connectivity index (χ0n) is 8.72. The largest absolute Gasteiger partial charge is 0.294 e. The molecule has 0 unspecified atom stereocenters. The van der Waals surface area contributed by atoms with Crippen LogP contribution in [0.25, 0.3) is 0 Å². The molecule has 0 atom stereocenters. The second-order valence-corrected chi connectivity index (χ2v) is 6.28. The molecule has 1 aliphatic rings. The zero-order chi connectivity index (χ0) is 12.1. The highest BCUT2D eigenvalue weighted by molar-refractivity contribution is 9.10. The lowest BCUT2D eigenvalue weighted by Crippen LogP contribution is -2.16. The van der Waals surface area contributed by atoms with Crippen molar-refractivity contribution in [2.45, 2.75) is 0 Å². The number of hydrogen-bond donors (Lipinski definition) is 1. The molecule has 0 aromatic carbocycles. The number of carbonyl (C=O) groups excluding carboxylic acids is 1. The highest BCUT2D eigenvalue weighted by atomic mass is 79.9. The molecule has 0 bridgehead atoms. The summed E-state index contributed by atoms with van der Waals surface area (Å²) in [5.41, 5.74) is 0. The van der Waals surface area contributed by atoms with Crippen LogP contribution in [-0.4, -0.2) is 38.3 Å². The summed E-state index contributed by atoms with van der Waals surface area (Å²) < 4.78 is 1.76. The number of aromatic nitrogens is 2. The number of rotatable bonds is 3. The number of aliphatic imine (C=N–C) groups is 1. The Hall–Kier alpha value is -0.600. The van der Waals surface area contributed by atoms with E-state index in [1.54, 1.807) is 24.2 Å². The molecule has 2 rings (SSSR count). The topological polar surface area (TPSA) is 67.2 Å². The summed E-state index contributed by atoms with van der Waals surface area (Å²) in [4.78, 5) is 23.7. The molecule has 2 heterocycles. The van der Waals surface area contributed by atoms with Gasteiger partial charge < -0.3 is 0 Å². The zero-order valence-corrected chi connectivity index (χ0v) is 11.9. The van der Waals surface area contributed by atoms with E-state index in [4.69, 9.17) is 0 Å². The fraction of sp³-hybridized carbons (Fsp3) is 0.333. The lowest BCUT2D eigenvalue weighted by atomic mass is 10.6. The predicted octanol–water partition coefficient (Wildman–Crippen LogP) is 2.01. The molecule has 8 heteroatoms. The van der Waals surface area contributed by atoms with Crippen molar-refractivity contribution in [1.82, 2.24) is 9.97 Å². The van der Waals surface area contributed by atoms with Crippen LogP contribution >= 0.6 is 39.5 Å².